The molecular weight excluding hydrogens is 464 g/mol. The van der Waals surface area contributed by atoms with Gasteiger partial charge in [0, 0.05) is 18.9 Å². The Morgan fingerprint density at radius 1 is 1.11 bits per heavy atom. The number of rotatable bonds is 7. The highest BCUT2D eigenvalue weighted by Crippen LogP contribution is 2.58. The maximum Gasteiger partial charge on any atom is 0.419 e. The Hall–Kier alpha value is -3.43. The third-order valence-electron chi connectivity index (χ3n) is 6.07. The smallest absolute Gasteiger partial charge is 0.419 e. The van der Waals surface area contributed by atoms with Crippen molar-refractivity contribution < 1.29 is 29.0 Å². The molecule has 0 bridgehead atoms. The number of pyridine rings is 1. The first-order chi connectivity index (χ1) is 16.6. The molecule has 0 saturated heterocycles. The van der Waals surface area contributed by atoms with E-state index < -0.39 is 34.8 Å². The van der Waals surface area contributed by atoms with E-state index in [4.69, 9.17) is 9.47 Å². The Balaban J connectivity index is 1.74. The van der Waals surface area contributed by atoms with Crippen LogP contribution in [0.25, 0.3) is 5.82 Å². The summed E-state index contributed by atoms with van der Waals surface area (Å²) in [5.41, 5.74) is -2.23. The Labute approximate surface area is 211 Å². The molecule has 196 valence electrons. The molecule has 2 aromatic rings. The Morgan fingerprint density at radius 2 is 1.72 bits per heavy atom. The standard InChI is InChI=1S/C26H36N4O6/c1-17(11-13-30(22(33)35-24(2,3)4)23(34)36-25(5,6)7)18-14-26(18,21(31)32)19-15-29(16-28-19)20-10-8-9-12-27-20/h8-10,12,15-18H,11,13-14H2,1-7H3,(H,31,32)/t17-,18?,26?/m1/s1. The molecule has 3 rings (SSSR count). The lowest BCUT2D eigenvalue weighted by atomic mass is 9.91. The minimum Gasteiger partial charge on any atom is -0.481 e. The number of carboxylic acid groups (broad SMARTS) is 1. The van der Waals surface area contributed by atoms with Gasteiger partial charge in [0.25, 0.3) is 0 Å². The van der Waals surface area contributed by atoms with E-state index in [1.807, 2.05) is 19.1 Å². The number of nitrogens with zero attached hydrogens (tertiary/aromatic N) is 4. The lowest BCUT2D eigenvalue weighted by Crippen LogP contribution is -2.44. The number of amides is 2. The van der Waals surface area contributed by atoms with Crippen molar-refractivity contribution in [1.29, 1.82) is 0 Å². The van der Waals surface area contributed by atoms with Crippen LogP contribution in [-0.2, 0) is 19.7 Å². The normalized spacial score (nSPS) is 20.4. The third kappa shape index (κ3) is 6.22. The van der Waals surface area contributed by atoms with Crippen LogP contribution in [0.3, 0.4) is 0 Å². The molecule has 0 aliphatic heterocycles. The summed E-state index contributed by atoms with van der Waals surface area (Å²) in [6.07, 6.45) is 4.15. The fraction of sp³-hybridized carbons (Fsp3) is 0.577. The van der Waals surface area contributed by atoms with Gasteiger partial charge in [-0.15, -0.1) is 0 Å². The number of ether oxygens (including phenoxy) is 2. The van der Waals surface area contributed by atoms with Crippen LogP contribution >= 0.6 is 0 Å². The Bertz CT molecular complexity index is 1070. The molecule has 1 N–H and O–H groups in total. The van der Waals surface area contributed by atoms with Crippen molar-refractivity contribution in [2.45, 2.75) is 77.9 Å². The molecule has 0 radical (unpaired) electrons. The summed E-state index contributed by atoms with van der Waals surface area (Å²) >= 11 is 0. The first-order valence-electron chi connectivity index (χ1n) is 12.1. The predicted molar refractivity (Wildman–Crippen MR) is 132 cm³/mol. The summed E-state index contributed by atoms with van der Waals surface area (Å²) in [6, 6.07) is 5.46. The van der Waals surface area contributed by atoms with E-state index in [2.05, 4.69) is 9.97 Å². The topological polar surface area (TPSA) is 124 Å². The maximum atomic E-state index is 12.8. The van der Waals surface area contributed by atoms with Crippen LogP contribution in [0.5, 0.6) is 0 Å². The van der Waals surface area contributed by atoms with Crippen molar-refractivity contribution >= 4 is 18.2 Å². The quantitative estimate of drug-likeness (QED) is 0.574. The van der Waals surface area contributed by atoms with Crippen molar-refractivity contribution in [1.82, 2.24) is 19.4 Å². The number of hydrogen-bond donors (Lipinski definition) is 1. The highest BCUT2D eigenvalue weighted by atomic mass is 16.6. The van der Waals surface area contributed by atoms with E-state index in [1.165, 1.54) is 0 Å². The number of imide groups is 1. The summed E-state index contributed by atoms with van der Waals surface area (Å²) in [6.45, 7) is 12.3. The average molecular weight is 501 g/mol. The molecule has 0 spiro atoms. The Morgan fingerprint density at radius 3 is 2.22 bits per heavy atom. The van der Waals surface area contributed by atoms with E-state index in [0.29, 0.717) is 24.4 Å². The number of hydrogen-bond acceptors (Lipinski definition) is 7. The fourth-order valence-electron chi connectivity index (χ4n) is 4.23. The van der Waals surface area contributed by atoms with Gasteiger partial charge in [0.05, 0.1) is 5.69 Å². The lowest BCUT2D eigenvalue weighted by Gasteiger charge is -2.29. The highest BCUT2D eigenvalue weighted by Gasteiger charge is 2.64. The van der Waals surface area contributed by atoms with Gasteiger partial charge in [-0.2, -0.15) is 0 Å². The molecule has 1 aliphatic carbocycles. The second kappa shape index (κ2) is 9.91. The first-order valence-corrected chi connectivity index (χ1v) is 12.1. The van der Waals surface area contributed by atoms with Gasteiger partial charge in [0.15, 0.2) is 0 Å². The molecule has 2 heterocycles. The zero-order valence-electron chi connectivity index (χ0n) is 22.0. The van der Waals surface area contributed by atoms with E-state index in [9.17, 15) is 19.5 Å². The molecule has 1 fully saturated rings. The van der Waals surface area contributed by atoms with Gasteiger partial charge >= 0.3 is 18.2 Å². The Kier molecular flexibility index (Phi) is 7.48. The van der Waals surface area contributed by atoms with Crippen LogP contribution in [-0.4, -0.2) is 60.4 Å². The van der Waals surface area contributed by atoms with Gasteiger partial charge in [-0.3, -0.25) is 9.36 Å². The molecular formula is C26H36N4O6. The zero-order chi connectivity index (χ0) is 26.9. The minimum atomic E-state index is -1.12. The van der Waals surface area contributed by atoms with Gasteiger partial charge < -0.3 is 14.6 Å². The maximum absolute atomic E-state index is 12.8. The van der Waals surface area contributed by atoms with Gasteiger partial charge in [0.2, 0.25) is 0 Å². The largest absolute Gasteiger partial charge is 0.481 e. The van der Waals surface area contributed by atoms with Gasteiger partial charge in [0.1, 0.15) is 28.8 Å². The van der Waals surface area contributed by atoms with Gasteiger partial charge in [-0.25, -0.2) is 24.5 Å². The van der Waals surface area contributed by atoms with E-state index in [-0.39, 0.29) is 18.4 Å². The number of imidazole rings is 1. The van der Waals surface area contributed by atoms with Crippen LogP contribution in [0.2, 0.25) is 0 Å². The van der Waals surface area contributed by atoms with Crippen LogP contribution in [0.1, 0.15) is 67.0 Å². The highest BCUT2D eigenvalue weighted by molar-refractivity contribution is 5.88. The SMILES string of the molecule is C[C@H](CCN(C(=O)OC(C)(C)C)C(=O)OC(C)(C)C)C1CC1(C(=O)O)c1cn(-c2ccccn2)cn1. The molecule has 1 aliphatic rings. The summed E-state index contributed by atoms with van der Waals surface area (Å²) < 4.78 is 12.5. The first kappa shape index (κ1) is 27.2. The van der Waals surface area contributed by atoms with Crippen molar-refractivity contribution in [2.24, 2.45) is 11.8 Å². The van der Waals surface area contributed by atoms with Crippen molar-refractivity contribution in [3.63, 3.8) is 0 Å². The summed E-state index contributed by atoms with van der Waals surface area (Å²) in [5.74, 6) is -0.621. The number of aromatic nitrogens is 3. The third-order valence-corrected chi connectivity index (χ3v) is 6.07. The fourth-order valence-corrected chi connectivity index (χ4v) is 4.23. The summed E-state index contributed by atoms with van der Waals surface area (Å²) in [5, 5.41) is 10.1. The molecule has 2 aromatic heterocycles. The molecule has 3 atom stereocenters. The number of aliphatic carboxylic acids is 1. The summed E-state index contributed by atoms with van der Waals surface area (Å²) in [7, 11) is 0. The van der Waals surface area contributed by atoms with Crippen LogP contribution in [0.4, 0.5) is 9.59 Å². The number of carbonyl (C=O) groups excluding carboxylic acids is 2. The van der Waals surface area contributed by atoms with E-state index in [0.717, 1.165) is 4.90 Å². The van der Waals surface area contributed by atoms with E-state index >= 15 is 0 Å². The second-order valence-electron chi connectivity index (χ2n) is 11.3. The molecule has 10 heteroatoms. The van der Waals surface area contributed by atoms with Gasteiger partial charge in [-0.05, 0) is 78.4 Å². The zero-order valence-corrected chi connectivity index (χ0v) is 22.0. The predicted octanol–water partition coefficient (Wildman–Crippen LogP) is 4.81. The molecule has 10 nitrogen and oxygen atoms in total. The van der Waals surface area contributed by atoms with Crippen LogP contribution in [0, 0.1) is 11.8 Å². The van der Waals surface area contributed by atoms with Crippen molar-refractivity contribution in [2.75, 3.05) is 6.54 Å². The van der Waals surface area contributed by atoms with Crippen LogP contribution < -0.4 is 0 Å². The van der Waals surface area contributed by atoms with Crippen molar-refractivity contribution in [3.05, 3.63) is 42.6 Å². The van der Waals surface area contributed by atoms with Crippen LogP contribution in [0.15, 0.2) is 36.9 Å². The lowest BCUT2D eigenvalue weighted by molar-refractivity contribution is -0.140. The van der Waals surface area contributed by atoms with Crippen molar-refractivity contribution in [3.8, 4) is 5.82 Å². The average Bonchev–Trinajstić information content (AvgIpc) is 3.33. The molecule has 2 amide bonds. The molecule has 0 aromatic carbocycles. The summed E-state index contributed by atoms with van der Waals surface area (Å²) in [4.78, 5) is 47.6. The number of carboxylic acids is 1. The number of carbonyl (C=O) groups is 3. The van der Waals surface area contributed by atoms with E-state index in [1.54, 1.807) is 70.9 Å². The molecule has 36 heavy (non-hydrogen) atoms. The molecule has 1 saturated carbocycles. The second-order valence-corrected chi connectivity index (χ2v) is 11.3. The minimum absolute atomic E-state index is 0.0412. The van der Waals surface area contributed by atoms with Gasteiger partial charge in [-0.1, -0.05) is 13.0 Å². The molecule has 2 unspecified atom stereocenters. The monoisotopic (exact) mass is 500 g/mol.